The Morgan fingerprint density at radius 2 is 2.33 bits per heavy atom. The zero-order valence-electron chi connectivity index (χ0n) is 9.44. The van der Waals surface area contributed by atoms with Crippen molar-refractivity contribution in [3.63, 3.8) is 0 Å². The lowest BCUT2D eigenvalue weighted by Crippen LogP contribution is -2.15. The average molecular weight is 268 g/mol. The van der Waals surface area contributed by atoms with Crippen molar-refractivity contribution >= 4 is 17.7 Å². The van der Waals surface area contributed by atoms with E-state index in [0.29, 0.717) is 23.8 Å². The Morgan fingerprint density at radius 3 is 3.00 bits per heavy atom. The third-order valence-corrected chi connectivity index (χ3v) is 3.16. The lowest BCUT2D eigenvalue weighted by Gasteiger charge is -2.01. The van der Waals surface area contributed by atoms with Crippen LogP contribution in [-0.4, -0.2) is 31.7 Å². The molecule has 0 bridgehead atoms. The maximum atomic E-state index is 10.4. The van der Waals surface area contributed by atoms with Crippen LogP contribution in [0.15, 0.2) is 28.0 Å². The largest absolute Gasteiger partial charge is 0.481 e. The molecule has 0 spiro atoms. The molecule has 0 radical (unpaired) electrons. The molecule has 0 saturated heterocycles. The number of rotatable bonds is 6. The summed E-state index contributed by atoms with van der Waals surface area (Å²) in [4.78, 5) is 10.4. The van der Waals surface area contributed by atoms with E-state index in [2.05, 4.69) is 10.2 Å². The predicted molar refractivity (Wildman–Crippen MR) is 64.6 cm³/mol. The number of thioether (sulfide) groups is 1. The first kappa shape index (κ1) is 12.5. The molecule has 0 aliphatic heterocycles. The van der Waals surface area contributed by atoms with Crippen LogP contribution in [0.25, 0.3) is 0 Å². The highest BCUT2D eigenvalue weighted by Crippen LogP contribution is 2.15. The highest BCUT2D eigenvalue weighted by molar-refractivity contribution is 7.99. The van der Waals surface area contributed by atoms with E-state index >= 15 is 0 Å². The second-order valence-electron chi connectivity index (χ2n) is 3.53. The van der Waals surface area contributed by atoms with Gasteiger partial charge in [-0.05, 0) is 12.1 Å². The first-order valence-corrected chi connectivity index (χ1v) is 6.21. The molecule has 96 valence electrons. The van der Waals surface area contributed by atoms with Crippen molar-refractivity contribution in [2.24, 2.45) is 0 Å². The van der Waals surface area contributed by atoms with Gasteiger partial charge in [-0.2, -0.15) is 0 Å². The van der Waals surface area contributed by atoms with Crippen LogP contribution in [0.1, 0.15) is 11.6 Å². The van der Waals surface area contributed by atoms with Crippen molar-refractivity contribution in [2.45, 2.75) is 18.0 Å². The molecule has 18 heavy (non-hydrogen) atoms. The molecular weight excluding hydrogens is 256 g/mol. The second kappa shape index (κ2) is 5.58. The molecule has 0 saturated carbocycles. The van der Waals surface area contributed by atoms with Gasteiger partial charge in [-0.15, -0.1) is 10.2 Å². The van der Waals surface area contributed by atoms with Crippen molar-refractivity contribution in [3.8, 4) is 0 Å². The minimum Gasteiger partial charge on any atom is -0.481 e. The third kappa shape index (κ3) is 3.04. The molecule has 0 amide bonds. The number of aromatic nitrogens is 3. The zero-order chi connectivity index (χ0) is 13.0. The van der Waals surface area contributed by atoms with E-state index in [4.69, 9.17) is 15.4 Å². The number of aryl methyl sites for hydroxylation is 2. The summed E-state index contributed by atoms with van der Waals surface area (Å²) in [5.41, 5.74) is 0. The van der Waals surface area contributed by atoms with Gasteiger partial charge in [0.2, 0.25) is 5.16 Å². The molecule has 0 aliphatic carbocycles. The van der Waals surface area contributed by atoms with Gasteiger partial charge in [0.25, 0.3) is 0 Å². The molecule has 2 aromatic heterocycles. The standard InChI is InChI=1S/C10H12N4O3S/c11-14-8(4-3-7-2-1-5-17-7)12-13-10(14)18-6-9(15)16/h1-2,5H,3-4,6,11H2,(H,15,16). The molecule has 0 atom stereocenters. The maximum absolute atomic E-state index is 10.4. The molecular formula is C10H12N4O3S. The summed E-state index contributed by atoms with van der Waals surface area (Å²) in [6, 6.07) is 3.69. The van der Waals surface area contributed by atoms with Crippen LogP contribution in [0.2, 0.25) is 0 Å². The quantitative estimate of drug-likeness (QED) is 0.581. The summed E-state index contributed by atoms with van der Waals surface area (Å²) in [5, 5.41) is 16.7. The van der Waals surface area contributed by atoms with Crippen LogP contribution >= 0.6 is 11.8 Å². The number of hydrogen-bond acceptors (Lipinski definition) is 6. The Balaban J connectivity index is 1.95. The molecule has 0 aliphatic rings. The van der Waals surface area contributed by atoms with Crippen LogP contribution in [0.4, 0.5) is 0 Å². The number of carboxylic acid groups (broad SMARTS) is 1. The van der Waals surface area contributed by atoms with Gasteiger partial charge in [-0.25, -0.2) is 4.68 Å². The smallest absolute Gasteiger partial charge is 0.313 e. The monoisotopic (exact) mass is 268 g/mol. The maximum Gasteiger partial charge on any atom is 0.313 e. The van der Waals surface area contributed by atoms with Gasteiger partial charge in [0, 0.05) is 12.8 Å². The molecule has 0 unspecified atom stereocenters. The molecule has 7 nitrogen and oxygen atoms in total. The van der Waals surface area contributed by atoms with Gasteiger partial charge in [-0.3, -0.25) is 4.79 Å². The Labute approximate surface area is 107 Å². The molecule has 8 heteroatoms. The minimum atomic E-state index is -0.917. The number of nitrogen functional groups attached to an aromatic ring is 1. The highest BCUT2D eigenvalue weighted by Gasteiger charge is 2.12. The fourth-order valence-corrected chi connectivity index (χ4v) is 1.99. The van der Waals surface area contributed by atoms with Crippen molar-refractivity contribution in [3.05, 3.63) is 30.0 Å². The van der Waals surface area contributed by atoms with Gasteiger partial charge in [-0.1, -0.05) is 11.8 Å². The average Bonchev–Trinajstić information content (AvgIpc) is 2.94. The van der Waals surface area contributed by atoms with Gasteiger partial charge in [0.15, 0.2) is 5.82 Å². The van der Waals surface area contributed by atoms with E-state index in [0.717, 1.165) is 17.5 Å². The van der Waals surface area contributed by atoms with Crippen LogP contribution in [0, 0.1) is 0 Å². The Kier molecular flexibility index (Phi) is 3.88. The van der Waals surface area contributed by atoms with Crippen molar-refractivity contribution in [2.75, 3.05) is 11.6 Å². The summed E-state index contributed by atoms with van der Waals surface area (Å²) in [6.45, 7) is 0. The first-order chi connectivity index (χ1) is 8.66. The van der Waals surface area contributed by atoms with Crippen molar-refractivity contribution < 1.29 is 14.3 Å². The summed E-state index contributed by atoms with van der Waals surface area (Å²) in [5.74, 6) is 6.21. The Hall–Kier alpha value is -1.96. The van der Waals surface area contributed by atoms with E-state index in [1.54, 1.807) is 6.26 Å². The number of aliphatic carboxylic acids is 1. The molecule has 2 heterocycles. The Bertz CT molecular complexity index is 523. The zero-order valence-corrected chi connectivity index (χ0v) is 10.3. The number of nitrogens with two attached hydrogens (primary N) is 1. The van der Waals surface area contributed by atoms with E-state index in [9.17, 15) is 4.79 Å². The highest BCUT2D eigenvalue weighted by atomic mass is 32.2. The third-order valence-electron chi connectivity index (χ3n) is 2.23. The van der Waals surface area contributed by atoms with Crippen LogP contribution in [0.3, 0.4) is 0 Å². The first-order valence-electron chi connectivity index (χ1n) is 5.23. The number of carboxylic acids is 1. The molecule has 0 fully saturated rings. The second-order valence-corrected chi connectivity index (χ2v) is 4.47. The van der Waals surface area contributed by atoms with Crippen LogP contribution in [0.5, 0.6) is 0 Å². The van der Waals surface area contributed by atoms with Crippen molar-refractivity contribution in [1.29, 1.82) is 0 Å². The lowest BCUT2D eigenvalue weighted by molar-refractivity contribution is -0.133. The minimum absolute atomic E-state index is 0.0898. The van der Waals surface area contributed by atoms with E-state index < -0.39 is 5.97 Å². The fraction of sp³-hybridized carbons (Fsp3) is 0.300. The topological polar surface area (TPSA) is 107 Å². The molecule has 2 rings (SSSR count). The van der Waals surface area contributed by atoms with E-state index in [1.165, 1.54) is 4.68 Å². The SMILES string of the molecule is Nn1c(CCc2ccco2)nnc1SCC(=O)O. The summed E-state index contributed by atoms with van der Waals surface area (Å²) >= 11 is 1.04. The molecule has 2 aromatic rings. The lowest BCUT2D eigenvalue weighted by atomic mass is 10.2. The van der Waals surface area contributed by atoms with Gasteiger partial charge < -0.3 is 15.4 Å². The fourth-order valence-electron chi connectivity index (χ4n) is 1.39. The number of furan rings is 1. The van der Waals surface area contributed by atoms with Gasteiger partial charge >= 0.3 is 5.97 Å². The summed E-state index contributed by atoms with van der Waals surface area (Å²) in [6.07, 6.45) is 2.87. The van der Waals surface area contributed by atoms with E-state index in [-0.39, 0.29) is 5.75 Å². The van der Waals surface area contributed by atoms with Gasteiger partial charge in [0.1, 0.15) is 5.76 Å². The molecule has 0 aromatic carbocycles. The predicted octanol–water partition coefficient (Wildman–Crippen LogP) is 0.547. The number of nitrogens with zero attached hydrogens (tertiary/aromatic N) is 3. The number of hydrogen-bond donors (Lipinski definition) is 2. The molecule has 3 N–H and O–H groups in total. The van der Waals surface area contributed by atoms with Gasteiger partial charge in [0.05, 0.1) is 12.0 Å². The Morgan fingerprint density at radius 1 is 1.50 bits per heavy atom. The van der Waals surface area contributed by atoms with Crippen LogP contribution in [-0.2, 0) is 17.6 Å². The number of carbonyl (C=O) groups is 1. The normalized spacial score (nSPS) is 10.7. The van der Waals surface area contributed by atoms with Crippen molar-refractivity contribution in [1.82, 2.24) is 14.9 Å². The summed E-state index contributed by atoms with van der Waals surface area (Å²) < 4.78 is 6.52. The summed E-state index contributed by atoms with van der Waals surface area (Å²) in [7, 11) is 0. The van der Waals surface area contributed by atoms with Crippen LogP contribution < -0.4 is 5.84 Å². The van der Waals surface area contributed by atoms with E-state index in [1.807, 2.05) is 12.1 Å².